The van der Waals surface area contributed by atoms with Gasteiger partial charge in [-0.1, -0.05) is 0 Å². The number of hydrogen-bond acceptors (Lipinski definition) is 6. The van der Waals surface area contributed by atoms with Gasteiger partial charge in [-0.3, -0.25) is 10.1 Å². The lowest BCUT2D eigenvalue weighted by atomic mass is 9.77. The average Bonchev–Trinajstić information content (AvgIpc) is 2.32. The number of carboxylic acids is 1. The van der Waals surface area contributed by atoms with E-state index < -0.39 is 22.1 Å². The first-order chi connectivity index (χ1) is 8.98. The smallest absolute Gasteiger partial charge is 0.329 e. The molecule has 0 aliphatic heterocycles. The zero-order chi connectivity index (χ0) is 14.0. The quantitative estimate of drug-likeness (QED) is 0.617. The molecule has 1 aliphatic carbocycles. The Morgan fingerprint density at radius 3 is 2.68 bits per heavy atom. The number of rotatable bonds is 4. The van der Waals surface area contributed by atoms with Crippen LogP contribution in [-0.2, 0) is 4.79 Å². The topological polar surface area (TPSA) is 129 Å². The Kier molecular flexibility index (Phi) is 3.04. The predicted molar refractivity (Wildman–Crippen MR) is 63.4 cm³/mol. The Hall–Kier alpha value is -2.69. The highest BCUT2D eigenvalue weighted by molar-refractivity contribution is 5.83. The number of aliphatic carboxylic acids is 1. The number of nitrogens with zero attached hydrogens (tertiary/aromatic N) is 3. The van der Waals surface area contributed by atoms with Gasteiger partial charge in [-0.25, -0.2) is 9.78 Å². The minimum atomic E-state index is -1.07. The van der Waals surface area contributed by atoms with Gasteiger partial charge in [0.25, 0.3) is 0 Å². The van der Waals surface area contributed by atoms with Crippen LogP contribution in [-0.4, -0.2) is 26.5 Å². The van der Waals surface area contributed by atoms with Crippen LogP contribution in [0.4, 0.5) is 11.5 Å². The Labute approximate surface area is 107 Å². The van der Waals surface area contributed by atoms with Crippen molar-refractivity contribution in [3.63, 3.8) is 0 Å². The zero-order valence-corrected chi connectivity index (χ0v) is 9.79. The second-order valence-electron chi connectivity index (χ2n) is 4.30. The minimum Gasteiger partial charge on any atom is -0.480 e. The molecule has 1 heterocycles. The van der Waals surface area contributed by atoms with Crippen molar-refractivity contribution in [2.45, 2.75) is 24.8 Å². The maximum absolute atomic E-state index is 11.2. The number of aromatic nitrogens is 1. The Morgan fingerprint density at radius 2 is 2.26 bits per heavy atom. The summed E-state index contributed by atoms with van der Waals surface area (Å²) < 4.78 is 0. The summed E-state index contributed by atoms with van der Waals surface area (Å²) in [6.07, 6.45) is 1.71. The number of pyridine rings is 1. The SMILES string of the molecule is N#Cc1nc(NC2(C(=O)O)CCC2)ccc1[N+](=O)[O-]. The van der Waals surface area contributed by atoms with Crippen LogP contribution in [0.15, 0.2) is 12.1 Å². The number of hydrogen-bond donors (Lipinski definition) is 2. The molecule has 8 nitrogen and oxygen atoms in total. The second-order valence-corrected chi connectivity index (χ2v) is 4.30. The molecule has 0 aromatic carbocycles. The lowest BCUT2D eigenvalue weighted by Crippen LogP contribution is -2.52. The van der Waals surface area contributed by atoms with E-state index >= 15 is 0 Å². The van der Waals surface area contributed by atoms with Crippen LogP contribution in [0.2, 0.25) is 0 Å². The molecule has 1 saturated carbocycles. The molecule has 2 N–H and O–H groups in total. The van der Waals surface area contributed by atoms with Crippen molar-refractivity contribution in [2.24, 2.45) is 0 Å². The molecule has 1 aliphatic rings. The highest BCUT2D eigenvalue weighted by Crippen LogP contribution is 2.35. The van der Waals surface area contributed by atoms with Crippen LogP contribution in [0.25, 0.3) is 0 Å². The van der Waals surface area contributed by atoms with E-state index in [4.69, 9.17) is 10.4 Å². The first-order valence-corrected chi connectivity index (χ1v) is 5.56. The fraction of sp³-hybridized carbons (Fsp3) is 0.364. The van der Waals surface area contributed by atoms with Crippen molar-refractivity contribution in [1.82, 2.24) is 4.98 Å². The number of carboxylic acid groups (broad SMARTS) is 1. The molecule has 0 bridgehead atoms. The maximum Gasteiger partial charge on any atom is 0.329 e. The fourth-order valence-electron chi connectivity index (χ4n) is 1.92. The van der Waals surface area contributed by atoms with Gasteiger partial charge >= 0.3 is 11.7 Å². The van der Waals surface area contributed by atoms with E-state index in [0.29, 0.717) is 12.8 Å². The van der Waals surface area contributed by atoms with Gasteiger partial charge in [0, 0.05) is 6.07 Å². The lowest BCUT2D eigenvalue weighted by molar-refractivity contribution is -0.385. The first kappa shape index (κ1) is 12.8. The summed E-state index contributed by atoms with van der Waals surface area (Å²) in [7, 11) is 0. The van der Waals surface area contributed by atoms with Crippen molar-refractivity contribution in [1.29, 1.82) is 5.26 Å². The van der Waals surface area contributed by atoms with Gasteiger partial charge in [0.2, 0.25) is 5.69 Å². The predicted octanol–water partition coefficient (Wildman–Crippen LogP) is 1.28. The summed E-state index contributed by atoms with van der Waals surface area (Å²) in [5, 5.41) is 31.4. The average molecular weight is 262 g/mol. The van der Waals surface area contributed by atoms with Crippen molar-refractivity contribution >= 4 is 17.5 Å². The summed E-state index contributed by atoms with van der Waals surface area (Å²) in [5.41, 5.74) is -1.81. The van der Waals surface area contributed by atoms with Gasteiger partial charge < -0.3 is 10.4 Å². The van der Waals surface area contributed by atoms with E-state index in [2.05, 4.69) is 10.3 Å². The Balaban J connectivity index is 2.30. The van der Waals surface area contributed by atoms with Crippen LogP contribution in [0, 0.1) is 21.4 Å². The minimum absolute atomic E-state index is 0.157. The van der Waals surface area contributed by atoms with E-state index in [1.54, 1.807) is 6.07 Å². The van der Waals surface area contributed by atoms with Crippen molar-refractivity contribution in [3.8, 4) is 6.07 Å². The van der Waals surface area contributed by atoms with E-state index in [1.807, 2.05) is 0 Å². The number of nitriles is 1. The molecule has 19 heavy (non-hydrogen) atoms. The largest absolute Gasteiger partial charge is 0.480 e. The maximum atomic E-state index is 11.2. The van der Waals surface area contributed by atoms with Crippen LogP contribution >= 0.6 is 0 Å². The number of carbonyl (C=O) groups is 1. The lowest BCUT2D eigenvalue weighted by Gasteiger charge is -2.38. The van der Waals surface area contributed by atoms with Crippen molar-refractivity contribution < 1.29 is 14.8 Å². The number of nitro groups is 1. The number of nitrogens with one attached hydrogen (secondary N) is 1. The molecule has 1 fully saturated rings. The van der Waals surface area contributed by atoms with E-state index in [9.17, 15) is 14.9 Å². The summed E-state index contributed by atoms with van der Waals surface area (Å²) in [6, 6.07) is 4.08. The zero-order valence-electron chi connectivity index (χ0n) is 9.79. The normalized spacial score (nSPS) is 15.9. The summed E-state index contributed by atoms with van der Waals surface area (Å²) in [6.45, 7) is 0. The van der Waals surface area contributed by atoms with E-state index in [0.717, 1.165) is 12.5 Å². The standard InChI is InChI=1S/C11H10N4O4/c12-6-7-8(15(18)19)2-3-9(13-7)14-11(10(16)17)4-1-5-11/h2-3H,1,4-5H2,(H,13,14)(H,16,17). The summed E-state index contributed by atoms with van der Waals surface area (Å²) >= 11 is 0. The van der Waals surface area contributed by atoms with E-state index in [-0.39, 0.29) is 11.5 Å². The highest BCUT2D eigenvalue weighted by Gasteiger charge is 2.44. The third kappa shape index (κ3) is 2.18. The Morgan fingerprint density at radius 1 is 1.58 bits per heavy atom. The van der Waals surface area contributed by atoms with Crippen molar-refractivity contribution in [2.75, 3.05) is 5.32 Å². The third-order valence-corrected chi connectivity index (χ3v) is 3.16. The third-order valence-electron chi connectivity index (χ3n) is 3.16. The van der Waals surface area contributed by atoms with Gasteiger partial charge in [-0.05, 0) is 25.3 Å². The van der Waals surface area contributed by atoms with Gasteiger partial charge in [-0.2, -0.15) is 5.26 Å². The molecule has 0 spiro atoms. The summed E-state index contributed by atoms with van der Waals surface area (Å²) in [4.78, 5) is 24.9. The van der Waals surface area contributed by atoms with Gasteiger partial charge in [0.15, 0.2) is 0 Å². The molecule has 8 heteroatoms. The van der Waals surface area contributed by atoms with Crippen LogP contribution in [0.5, 0.6) is 0 Å². The molecular formula is C11H10N4O4. The molecule has 0 unspecified atom stereocenters. The molecular weight excluding hydrogens is 252 g/mol. The Bertz CT molecular complexity index is 589. The van der Waals surface area contributed by atoms with Crippen LogP contribution in [0.3, 0.4) is 0 Å². The highest BCUT2D eigenvalue weighted by atomic mass is 16.6. The molecule has 2 rings (SSSR count). The first-order valence-electron chi connectivity index (χ1n) is 5.56. The second kappa shape index (κ2) is 4.53. The summed E-state index contributed by atoms with van der Waals surface area (Å²) in [5.74, 6) is -0.832. The molecule has 0 saturated heterocycles. The van der Waals surface area contributed by atoms with Gasteiger partial charge in [0.1, 0.15) is 17.4 Å². The monoisotopic (exact) mass is 262 g/mol. The van der Waals surface area contributed by atoms with Crippen LogP contribution < -0.4 is 5.32 Å². The molecule has 1 aromatic heterocycles. The van der Waals surface area contributed by atoms with Crippen LogP contribution in [0.1, 0.15) is 25.0 Å². The van der Waals surface area contributed by atoms with Crippen molar-refractivity contribution in [3.05, 3.63) is 27.9 Å². The molecule has 0 radical (unpaired) electrons. The van der Waals surface area contributed by atoms with Gasteiger partial charge in [-0.15, -0.1) is 0 Å². The molecule has 0 atom stereocenters. The number of anilines is 1. The molecule has 1 aromatic rings. The fourth-order valence-corrected chi connectivity index (χ4v) is 1.92. The molecule has 98 valence electrons. The molecule has 0 amide bonds. The van der Waals surface area contributed by atoms with E-state index in [1.165, 1.54) is 6.07 Å². The van der Waals surface area contributed by atoms with Gasteiger partial charge in [0.05, 0.1) is 4.92 Å².